The van der Waals surface area contributed by atoms with Crippen LogP contribution >= 0.6 is 0 Å². The molecule has 1 aliphatic rings. The summed E-state index contributed by atoms with van der Waals surface area (Å²) in [7, 11) is 0. The van der Waals surface area contributed by atoms with E-state index in [1.54, 1.807) is 6.20 Å². The van der Waals surface area contributed by atoms with Crippen molar-refractivity contribution in [3.8, 4) is 5.75 Å². The summed E-state index contributed by atoms with van der Waals surface area (Å²) in [6.45, 7) is 4.22. The Kier molecular flexibility index (Phi) is 9.27. The van der Waals surface area contributed by atoms with Crippen LogP contribution in [0.4, 0.5) is 13.2 Å². The maximum absolute atomic E-state index is 12.3. The van der Waals surface area contributed by atoms with Crippen LogP contribution in [-0.2, 0) is 34.2 Å². The van der Waals surface area contributed by atoms with Crippen molar-refractivity contribution in [3.05, 3.63) is 100 Å². The van der Waals surface area contributed by atoms with Crippen molar-refractivity contribution in [3.63, 3.8) is 0 Å². The van der Waals surface area contributed by atoms with Crippen molar-refractivity contribution < 1.29 is 44.1 Å². The molecular formula is C27H24F3N4O2W-. The molecule has 3 heterocycles. The van der Waals surface area contributed by atoms with Gasteiger partial charge in [-0.1, -0.05) is 30.8 Å². The van der Waals surface area contributed by atoms with Crippen LogP contribution in [0, 0.1) is 13.8 Å². The molecule has 1 N–H and O–H groups in total. The van der Waals surface area contributed by atoms with Gasteiger partial charge in [0.05, 0.1) is 5.70 Å². The molecule has 0 radical (unpaired) electrons. The minimum atomic E-state index is -4.79. The Labute approximate surface area is 227 Å². The van der Waals surface area contributed by atoms with Crippen molar-refractivity contribution in [1.82, 2.24) is 9.97 Å². The second-order valence-electron chi connectivity index (χ2n) is 8.17. The van der Waals surface area contributed by atoms with Crippen LogP contribution in [0.15, 0.2) is 71.7 Å². The van der Waals surface area contributed by atoms with Crippen LogP contribution in [0.1, 0.15) is 34.5 Å². The van der Waals surface area contributed by atoms with E-state index in [2.05, 4.69) is 21.4 Å². The Hall–Kier alpha value is -3.45. The number of fused-ring (bicyclic) bond motifs is 1. The number of hydrogen-bond acceptors (Lipinski definition) is 5. The number of aliphatic imine (C=N–C) groups is 1. The van der Waals surface area contributed by atoms with Crippen molar-refractivity contribution in [1.29, 1.82) is 0 Å². The van der Waals surface area contributed by atoms with Gasteiger partial charge in [-0.05, 0) is 43.7 Å². The van der Waals surface area contributed by atoms with E-state index in [-0.39, 0.29) is 34.2 Å². The molecule has 1 aliphatic heterocycles. The van der Waals surface area contributed by atoms with Gasteiger partial charge in [0.15, 0.2) is 5.76 Å². The summed E-state index contributed by atoms with van der Waals surface area (Å²) in [5, 5.41) is 14.0. The van der Waals surface area contributed by atoms with Gasteiger partial charge in [-0.2, -0.15) is 19.4 Å². The summed E-state index contributed by atoms with van der Waals surface area (Å²) in [6, 6.07) is 9.65. The predicted molar refractivity (Wildman–Crippen MR) is 134 cm³/mol. The summed E-state index contributed by atoms with van der Waals surface area (Å²) in [4.78, 5) is 13.6. The van der Waals surface area contributed by atoms with E-state index in [0.29, 0.717) is 17.5 Å². The van der Waals surface area contributed by atoms with Gasteiger partial charge >= 0.3 is 6.18 Å². The summed E-state index contributed by atoms with van der Waals surface area (Å²) < 4.78 is 43.2. The van der Waals surface area contributed by atoms with Gasteiger partial charge in [0.1, 0.15) is 17.9 Å². The number of ether oxygens (including phenoxy) is 1. The molecule has 0 aliphatic carbocycles. The number of para-hydroxylation sites is 1. The number of aliphatic hydroxyl groups is 1. The molecule has 0 bridgehead atoms. The summed E-state index contributed by atoms with van der Waals surface area (Å²) >= 11 is 0. The first-order valence-electron chi connectivity index (χ1n) is 11.2. The number of benzene rings is 1. The number of rotatable bonds is 8. The Bertz CT molecular complexity index is 1400. The average Bonchev–Trinajstić information content (AvgIpc) is 3.37. The second kappa shape index (κ2) is 12.2. The topological polar surface area (TPSA) is 81.7 Å². The molecule has 10 heteroatoms. The number of aryl methyl sites for hydroxylation is 2. The van der Waals surface area contributed by atoms with Gasteiger partial charge in [-0.3, -0.25) is 9.98 Å². The SMILES string of the molecule is Cc1cc(C2=CCC=N2)c2cccc(OCc3c(C)ccnc3C[N-]/C=C\C=C(/O)C(F)(F)F)c2n1.[W]. The molecule has 1 aromatic carbocycles. The maximum atomic E-state index is 12.3. The van der Waals surface area contributed by atoms with Crippen LogP contribution in [0.5, 0.6) is 5.75 Å². The number of allylic oxidation sites excluding steroid dienone is 4. The van der Waals surface area contributed by atoms with Gasteiger partial charge in [0, 0.05) is 67.8 Å². The number of halogens is 3. The third-order valence-electron chi connectivity index (χ3n) is 5.58. The van der Waals surface area contributed by atoms with Crippen LogP contribution in [-0.4, -0.2) is 27.5 Å². The summed E-state index contributed by atoms with van der Waals surface area (Å²) in [6.07, 6.45) is 4.38. The number of pyridine rings is 2. The fourth-order valence-corrected chi connectivity index (χ4v) is 3.78. The van der Waals surface area contributed by atoms with Crippen LogP contribution in [0.3, 0.4) is 0 Å². The third kappa shape index (κ3) is 6.86. The third-order valence-corrected chi connectivity index (χ3v) is 5.58. The van der Waals surface area contributed by atoms with E-state index in [1.165, 1.54) is 6.20 Å². The van der Waals surface area contributed by atoms with Gasteiger partial charge in [0.2, 0.25) is 0 Å². The summed E-state index contributed by atoms with van der Waals surface area (Å²) in [5.41, 5.74) is 5.93. The van der Waals surface area contributed by atoms with E-state index < -0.39 is 11.9 Å². The zero-order chi connectivity index (χ0) is 25.7. The minimum Gasteiger partial charge on any atom is -0.686 e. The quantitative estimate of drug-likeness (QED) is 0.205. The number of aromatic nitrogens is 2. The monoisotopic (exact) mass is 677 g/mol. The van der Waals surface area contributed by atoms with Gasteiger partial charge in [-0.15, -0.1) is 0 Å². The molecule has 4 rings (SSSR count). The van der Waals surface area contributed by atoms with Crippen LogP contribution < -0.4 is 4.74 Å². The van der Waals surface area contributed by atoms with E-state index in [9.17, 15) is 13.2 Å². The molecule has 0 unspecified atom stereocenters. The van der Waals surface area contributed by atoms with Crippen molar-refractivity contribution in [2.45, 2.75) is 39.6 Å². The number of nitrogens with zero attached hydrogens (tertiary/aromatic N) is 4. The van der Waals surface area contributed by atoms with E-state index in [1.807, 2.05) is 50.4 Å². The molecule has 3 aromatic rings. The molecule has 6 nitrogen and oxygen atoms in total. The Morgan fingerprint density at radius 1 is 1.22 bits per heavy atom. The molecule has 37 heavy (non-hydrogen) atoms. The van der Waals surface area contributed by atoms with E-state index in [0.717, 1.165) is 51.5 Å². The Morgan fingerprint density at radius 2 is 2.03 bits per heavy atom. The van der Waals surface area contributed by atoms with Crippen molar-refractivity contribution in [2.75, 3.05) is 0 Å². The van der Waals surface area contributed by atoms with Crippen LogP contribution in [0.25, 0.3) is 21.9 Å². The molecule has 0 saturated carbocycles. The zero-order valence-electron chi connectivity index (χ0n) is 20.2. The first kappa shape index (κ1) is 28.1. The number of alkyl halides is 3. The van der Waals surface area contributed by atoms with Gasteiger partial charge in [-0.25, -0.2) is 4.98 Å². The van der Waals surface area contributed by atoms with E-state index in [4.69, 9.17) is 14.8 Å². The number of hydrogen-bond donors (Lipinski definition) is 1. The molecule has 2 aromatic heterocycles. The molecule has 0 amide bonds. The predicted octanol–water partition coefficient (Wildman–Crippen LogP) is 7.03. The zero-order valence-corrected chi connectivity index (χ0v) is 23.1. The fourth-order valence-electron chi connectivity index (χ4n) is 3.78. The second-order valence-corrected chi connectivity index (χ2v) is 8.17. The number of aliphatic hydroxyl groups excluding tert-OH is 1. The summed E-state index contributed by atoms with van der Waals surface area (Å²) in [5.74, 6) is -1.06. The Balaban J connectivity index is 0.00000380. The average molecular weight is 677 g/mol. The Morgan fingerprint density at radius 3 is 2.76 bits per heavy atom. The van der Waals surface area contributed by atoms with Crippen LogP contribution in [0.2, 0.25) is 0 Å². The molecular weight excluding hydrogens is 653 g/mol. The molecule has 0 spiro atoms. The maximum Gasteiger partial charge on any atom is 0.448 e. The van der Waals surface area contributed by atoms with Gasteiger partial charge < -0.3 is 15.2 Å². The van der Waals surface area contributed by atoms with Crippen molar-refractivity contribution in [2.24, 2.45) is 4.99 Å². The minimum absolute atomic E-state index is 0. The van der Waals surface area contributed by atoms with Crippen molar-refractivity contribution >= 4 is 22.8 Å². The molecule has 192 valence electrons. The standard InChI is InChI=1S/C27H24F3N4O2.W/c1-17-10-13-33-23(15-31-11-5-9-25(35)27(28,29)30)21(17)16-36-24-8-3-6-19-20(22-7-4-12-32-22)14-18(2)34-26(19)24;/h3,5-14,35H,4,15-16H2,1-2H3;/q-1;/b11-5-,25-9-;. The first-order valence-corrected chi connectivity index (χ1v) is 11.2. The molecule has 0 atom stereocenters. The van der Waals surface area contributed by atoms with E-state index >= 15 is 0 Å². The first-order chi connectivity index (χ1) is 17.2. The van der Waals surface area contributed by atoms with Gasteiger partial charge in [0.25, 0.3) is 0 Å². The molecule has 0 fully saturated rings. The largest absolute Gasteiger partial charge is 0.686 e. The normalized spacial score (nSPS) is 13.6. The fraction of sp³-hybridized carbons (Fsp3) is 0.222. The molecule has 0 saturated heterocycles. The smallest absolute Gasteiger partial charge is 0.448 e.